The molecule has 3 aromatic rings. The lowest BCUT2D eigenvalue weighted by molar-refractivity contribution is 0.0988. The highest BCUT2D eigenvalue weighted by Crippen LogP contribution is 2.30. The van der Waals surface area contributed by atoms with Crippen LogP contribution in [-0.4, -0.2) is 22.2 Å². The highest BCUT2D eigenvalue weighted by Gasteiger charge is 2.28. The molecule has 0 fully saturated rings. The van der Waals surface area contributed by atoms with Crippen LogP contribution in [0.2, 0.25) is 5.02 Å². The van der Waals surface area contributed by atoms with E-state index in [4.69, 9.17) is 11.6 Å². The van der Waals surface area contributed by atoms with E-state index in [2.05, 4.69) is 11.2 Å². The van der Waals surface area contributed by atoms with E-state index < -0.39 is 0 Å². The van der Waals surface area contributed by atoms with Gasteiger partial charge in [0.1, 0.15) is 0 Å². The van der Waals surface area contributed by atoms with E-state index in [9.17, 15) is 4.79 Å². The van der Waals surface area contributed by atoms with E-state index >= 15 is 0 Å². The van der Waals surface area contributed by atoms with Crippen molar-refractivity contribution in [3.63, 3.8) is 0 Å². The second-order valence-electron chi connectivity index (χ2n) is 6.09. The largest absolute Gasteiger partial charge is 0.308 e. The summed E-state index contributed by atoms with van der Waals surface area (Å²) in [7, 11) is 0. The first-order valence-electron chi connectivity index (χ1n) is 8.41. The van der Waals surface area contributed by atoms with Gasteiger partial charge in [-0.15, -0.1) is 0 Å². The zero-order valence-electron chi connectivity index (χ0n) is 13.9. The average Bonchev–Trinajstić information content (AvgIpc) is 3.25. The zero-order chi connectivity index (χ0) is 17.4. The minimum atomic E-state index is 0.00933. The molecule has 1 aromatic heterocycles. The van der Waals surface area contributed by atoms with E-state index in [-0.39, 0.29) is 5.91 Å². The van der Waals surface area contributed by atoms with Crippen molar-refractivity contribution in [2.45, 2.75) is 19.8 Å². The van der Waals surface area contributed by atoms with Crippen LogP contribution in [0.3, 0.4) is 0 Å². The van der Waals surface area contributed by atoms with Gasteiger partial charge in [0.25, 0.3) is 5.91 Å². The quantitative estimate of drug-likeness (QED) is 0.706. The molecule has 2 aromatic carbocycles. The SMILES string of the molecule is CCc1c(C(=O)N2CCc3ccccc32)cnn1-c1cccc(Cl)c1. The Hall–Kier alpha value is -2.59. The van der Waals surface area contributed by atoms with Gasteiger partial charge in [0, 0.05) is 17.3 Å². The molecule has 126 valence electrons. The fraction of sp³-hybridized carbons (Fsp3) is 0.200. The lowest BCUT2D eigenvalue weighted by Gasteiger charge is -2.17. The Labute approximate surface area is 151 Å². The molecule has 0 saturated heterocycles. The Bertz CT molecular complexity index is 948. The Morgan fingerprint density at radius 3 is 2.84 bits per heavy atom. The van der Waals surface area contributed by atoms with Crippen LogP contribution >= 0.6 is 11.6 Å². The minimum absolute atomic E-state index is 0.00933. The molecule has 4 nitrogen and oxygen atoms in total. The Balaban J connectivity index is 1.73. The van der Waals surface area contributed by atoms with Crippen LogP contribution in [0, 0.1) is 0 Å². The minimum Gasteiger partial charge on any atom is -0.308 e. The topological polar surface area (TPSA) is 38.1 Å². The number of carbonyl (C=O) groups excluding carboxylic acids is 1. The number of halogens is 1. The molecule has 1 amide bonds. The molecule has 0 spiro atoms. The number of hydrogen-bond donors (Lipinski definition) is 0. The van der Waals surface area contributed by atoms with Crippen molar-refractivity contribution < 1.29 is 4.79 Å². The monoisotopic (exact) mass is 351 g/mol. The van der Waals surface area contributed by atoms with Gasteiger partial charge in [-0.3, -0.25) is 4.79 Å². The molecule has 25 heavy (non-hydrogen) atoms. The van der Waals surface area contributed by atoms with Crippen LogP contribution in [-0.2, 0) is 12.8 Å². The van der Waals surface area contributed by atoms with Gasteiger partial charge in [-0.2, -0.15) is 5.10 Å². The maximum atomic E-state index is 13.1. The summed E-state index contributed by atoms with van der Waals surface area (Å²) in [6.07, 6.45) is 3.28. The van der Waals surface area contributed by atoms with Gasteiger partial charge in [0.2, 0.25) is 0 Å². The number of hydrogen-bond acceptors (Lipinski definition) is 2. The van der Waals surface area contributed by atoms with Gasteiger partial charge < -0.3 is 4.90 Å². The highest BCUT2D eigenvalue weighted by atomic mass is 35.5. The maximum absolute atomic E-state index is 13.1. The van der Waals surface area contributed by atoms with Crippen molar-refractivity contribution in [1.29, 1.82) is 0 Å². The fourth-order valence-electron chi connectivity index (χ4n) is 3.42. The number of carbonyl (C=O) groups is 1. The molecule has 5 heteroatoms. The third kappa shape index (κ3) is 2.72. The summed E-state index contributed by atoms with van der Waals surface area (Å²) in [5.74, 6) is 0.00933. The van der Waals surface area contributed by atoms with Crippen molar-refractivity contribution in [1.82, 2.24) is 9.78 Å². The van der Waals surface area contributed by atoms with Gasteiger partial charge in [-0.25, -0.2) is 4.68 Å². The molecular weight excluding hydrogens is 334 g/mol. The predicted octanol–water partition coefficient (Wildman–Crippen LogP) is 4.29. The van der Waals surface area contributed by atoms with Crippen LogP contribution in [0.4, 0.5) is 5.69 Å². The van der Waals surface area contributed by atoms with Crippen molar-refractivity contribution in [3.8, 4) is 5.69 Å². The standard InChI is InChI=1S/C20H18ClN3O/c1-2-18-17(13-22-24(18)16-8-5-7-15(21)12-16)20(25)23-11-10-14-6-3-4-9-19(14)23/h3-9,12-13H,2,10-11H2,1H3. The van der Waals surface area contributed by atoms with Crippen LogP contribution in [0.1, 0.15) is 28.5 Å². The van der Waals surface area contributed by atoms with Crippen LogP contribution in [0.5, 0.6) is 0 Å². The van der Waals surface area contributed by atoms with Gasteiger partial charge in [0.05, 0.1) is 23.1 Å². The summed E-state index contributed by atoms with van der Waals surface area (Å²) in [4.78, 5) is 15.0. The number of amides is 1. The normalized spacial score (nSPS) is 13.1. The second kappa shape index (κ2) is 6.37. The first-order valence-corrected chi connectivity index (χ1v) is 8.79. The Morgan fingerprint density at radius 2 is 2.04 bits per heavy atom. The number of aromatic nitrogens is 2. The fourth-order valence-corrected chi connectivity index (χ4v) is 3.60. The number of fused-ring (bicyclic) bond motifs is 1. The second-order valence-corrected chi connectivity index (χ2v) is 6.52. The van der Waals surface area contributed by atoms with Crippen LogP contribution in [0.15, 0.2) is 54.7 Å². The van der Waals surface area contributed by atoms with Crippen molar-refractivity contribution in [2.24, 2.45) is 0 Å². The lowest BCUT2D eigenvalue weighted by atomic mass is 10.1. The zero-order valence-corrected chi connectivity index (χ0v) is 14.7. The van der Waals surface area contributed by atoms with E-state index in [1.165, 1.54) is 5.56 Å². The molecule has 4 rings (SSSR count). The number of rotatable bonds is 3. The Kier molecular flexibility index (Phi) is 4.06. The van der Waals surface area contributed by atoms with Gasteiger partial charge >= 0.3 is 0 Å². The van der Waals surface area contributed by atoms with Crippen molar-refractivity contribution in [3.05, 3.63) is 76.6 Å². The van der Waals surface area contributed by atoms with E-state index in [1.54, 1.807) is 10.9 Å². The maximum Gasteiger partial charge on any atom is 0.261 e. The van der Waals surface area contributed by atoms with Gasteiger partial charge in [0.15, 0.2) is 0 Å². The molecule has 1 aliphatic rings. The summed E-state index contributed by atoms with van der Waals surface area (Å²) in [5, 5.41) is 5.11. The lowest BCUT2D eigenvalue weighted by Crippen LogP contribution is -2.29. The molecule has 2 heterocycles. The number of nitrogens with zero attached hydrogens (tertiary/aromatic N) is 3. The third-order valence-corrected chi connectivity index (χ3v) is 4.85. The average molecular weight is 352 g/mol. The number of benzene rings is 2. The first-order chi connectivity index (χ1) is 12.2. The van der Waals surface area contributed by atoms with Gasteiger partial charge in [-0.05, 0) is 42.7 Å². The molecule has 0 saturated carbocycles. The molecule has 0 aliphatic carbocycles. The molecule has 0 N–H and O–H groups in total. The van der Waals surface area contributed by atoms with E-state index in [0.29, 0.717) is 23.6 Å². The molecule has 0 bridgehead atoms. The summed E-state index contributed by atoms with van der Waals surface area (Å²) in [6, 6.07) is 15.6. The van der Waals surface area contributed by atoms with Gasteiger partial charge in [-0.1, -0.05) is 42.8 Å². The molecule has 0 unspecified atom stereocenters. The van der Waals surface area contributed by atoms with Crippen LogP contribution < -0.4 is 4.90 Å². The summed E-state index contributed by atoms with van der Waals surface area (Å²) in [5.41, 5.74) is 4.64. The molecule has 0 radical (unpaired) electrons. The third-order valence-electron chi connectivity index (χ3n) is 4.62. The summed E-state index contributed by atoms with van der Waals surface area (Å²) >= 11 is 6.10. The van der Waals surface area contributed by atoms with E-state index in [0.717, 1.165) is 23.5 Å². The van der Waals surface area contributed by atoms with E-state index in [1.807, 2.05) is 54.3 Å². The summed E-state index contributed by atoms with van der Waals surface area (Å²) in [6.45, 7) is 2.75. The smallest absolute Gasteiger partial charge is 0.261 e. The Morgan fingerprint density at radius 1 is 1.20 bits per heavy atom. The number of anilines is 1. The molecule has 1 aliphatic heterocycles. The number of para-hydroxylation sites is 1. The predicted molar refractivity (Wildman–Crippen MR) is 99.8 cm³/mol. The molecule has 0 atom stereocenters. The summed E-state index contributed by atoms with van der Waals surface area (Å²) < 4.78 is 1.81. The van der Waals surface area contributed by atoms with Crippen molar-refractivity contribution >= 4 is 23.2 Å². The van der Waals surface area contributed by atoms with Crippen LogP contribution in [0.25, 0.3) is 5.69 Å². The first kappa shape index (κ1) is 15.9. The van der Waals surface area contributed by atoms with Crippen molar-refractivity contribution in [2.75, 3.05) is 11.4 Å². The molecular formula is C20H18ClN3O. The highest BCUT2D eigenvalue weighted by molar-refractivity contribution is 6.30.